The summed E-state index contributed by atoms with van der Waals surface area (Å²) >= 11 is 0. The summed E-state index contributed by atoms with van der Waals surface area (Å²) in [5, 5.41) is 8.14. The van der Waals surface area contributed by atoms with Crippen LogP contribution in [-0.4, -0.2) is 38.3 Å². The Hall–Kier alpha value is -3.00. The Morgan fingerprint density at radius 2 is 2.07 bits per heavy atom. The number of amides is 1. The molecule has 0 radical (unpaired) electrons. The van der Waals surface area contributed by atoms with Crippen LogP contribution in [0, 0.1) is 5.82 Å². The van der Waals surface area contributed by atoms with Crippen molar-refractivity contribution in [2.45, 2.75) is 32.0 Å². The summed E-state index contributed by atoms with van der Waals surface area (Å²) in [5.41, 5.74) is 2.70. The quantitative estimate of drug-likeness (QED) is 0.758. The molecule has 28 heavy (non-hydrogen) atoms. The van der Waals surface area contributed by atoms with Crippen molar-refractivity contribution in [3.63, 3.8) is 0 Å². The Morgan fingerprint density at radius 1 is 1.21 bits per heavy atom. The molecule has 1 fully saturated rings. The average molecular weight is 380 g/mol. The molecule has 2 aliphatic heterocycles. The third kappa shape index (κ3) is 2.99. The van der Waals surface area contributed by atoms with Crippen LogP contribution in [-0.2, 0) is 17.9 Å². The third-order valence-electron chi connectivity index (χ3n) is 5.43. The molecule has 144 valence electrons. The molecular weight excluding hydrogens is 359 g/mol. The van der Waals surface area contributed by atoms with Crippen LogP contribution in [0.4, 0.5) is 10.1 Å². The van der Waals surface area contributed by atoms with E-state index >= 15 is 0 Å². The van der Waals surface area contributed by atoms with Crippen molar-refractivity contribution in [2.75, 3.05) is 18.0 Å². The Kier molecular flexibility index (Phi) is 4.20. The number of anilines is 1. The van der Waals surface area contributed by atoms with Crippen molar-refractivity contribution in [1.29, 1.82) is 0 Å². The van der Waals surface area contributed by atoms with Crippen LogP contribution in [0.1, 0.15) is 24.6 Å². The van der Waals surface area contributed by atoms with E-state index in [0.29, 0.717) is 13.0 Å². The van der Waals surface area contributed by atoms with Gasteiger partial charge >= 0.3 is 0 Å². The van der Waals surface area contributed by atoms with Crippen molar-refractivity contribution >= 4 is 11.6 Å². The first-order chi connectivity index (χ1) is 13.7. The summed E-state index contributed by atoms with van der Waals surface area (Å²) in [6, 6.07) is 8.09. The van der Waals surface area contributed by atoms with Gasteiger partial charge in [0.2, 0.25) is 5.91 Å². The van der Waals surface area contributed by atoms with Gasteiger partial charge in [-0.2, -0.15) is 5.10 Å². The van der Waals surface area contributed by atoms with Crippen molar-refractivity contribution < 1.29 is 9.18 Å². The lowest BCUT2D eigenvalue weighted by atomic mass is 10.2. The number of halogens is 1. The van der Waals surface area contributed by atoms with Crippen LogP contribution in [0.3, 0.4) is 0 Å². The number of nitrogens with one attached hydrogen (secondary N) is 1. The SMILES string of the molecule is O=C1C[C@@H](n2ccnc2-c2cc3n(n2)CCCNC3)CN1c1ccc(F)cc1. The number of hydrogen-bond acceptors (Lipinski definition) is 4. The molecule has 1 amide bonds. The second-order valence-electron chi connectivity index (χ2n) is 7.27. The monoisotopic (exact) mass is 380 g/mol. The first kappa shape index (κ1) is 17.1. The molecule has 0 bridgehead atoms. The first-order valence-electron chi connectivity index (χ1n) is 9.55. The van der Waals surface area contributed by atoms with Crippen molar-refractivity contribution in [3.05, 3.63) is 54.2 Å². The maximum atomic E-state index is 13.2. The van der Waals surface area contributed by atoms with E-state index in [1.165, 1.54) is 12.1 Å². The molecule has 0 spiro atoms. The third-order valence-corrected chi connectivity index (χ3v) is 5.43. The number of carbonyl (C=O) groups excluding carboxylic acids is 1. The lowest BCUT2D eigenvalue weighted by Gasteiger charge is -2.18. The van der Waals surface area contributed by atoms with Gasteiger partial charge in [-0.15, -0.1) is 0 Å². The Bertz CT molecular complexity index is 985. The highest BCUT2D eigenvalue weighted by molar-refractivity contribution is 5.96. The summed E-state index contributed by atoms with van der Waals surface area (Å²) in [6.45, 7) is 3.22. The summed E-state index contributed by atoms with van der Waals surface area (Å²) in [5.74, 6) is 0.498. The van der Waals surface area contributed by atoms with Crippen LogP contribution in [0.2, 0.25) is 0 Å². The van der Waals surface area contributed by atoms with Crippen LogP contribution in [0.15, 0.2) is 42.7 Å². The molecule has 1 saturated heterocycles. The molecule has 5 rings (SSSR count). The minimum atomic E-state index is -0.308. The van der Waals surface area contributed by atoms with Gasteiger partial charge in [-0.1, -0.05) is 0 Å². The van der Waals surface area contributed by atoms with Gasteiger partial charge in [-0.3, -0.25) is 9.48 Å². The van der Waals surface area contributed by atoms with E-state index in [1.54, 1.807) is 23.2 Å². The van der Waals surface area contributed by atoms with Gasteiger partial charge in [0.1, 0.15) is 11.5 Å². The molecule has 1 aromatic carbocycles. The van der Waals surface area contributed by atoms with E-state index in [-0.39, 0.29) is 17.8 Å². The van der Waals surface area contributed by atoms with E-state index < -0.39 is 0 Å². The van der Waals surface area contributed by atoms with Gasteiger partial charge in [0.15, 0.2) is 5.82 Å². The molecule has 4 heterocycles. The lowest BCUT2D eigenvalue weighted by Crippen LogP contribution is -2.24. The maximum absolute atomic E-state index is 13.2. The number of aryl methyl sites for hydroxylation is 1. The Labute approximate surface area is 161 Å². The van der Waals surface area contributed by atoms with E-state index in [1.807, 2.05) is 15.4 Å². The first-order valence-corrected chi connectivity index (χ1v) is 9.55. The number of nitrogens with zero attached hydrogens (tertiary/aromatic N) is 5. The van der Waals surface area contributed by atoms with Crippen molar-refractivity contribution in [3.8, 4) is 11.5 Å². The minimum Gasteiger partial charge on any atom is -0.324 e. The summed E-state index contributed by atoms with van der Waals surface area (Å²) in [7, 11) is 0. The number of carbonyl (C=O) groups is 1. The van der Waals surface area contributed by atoms with Gasteiger partial charge in [0.05, 0.1) is 11.7 Å². The summed E-state index contributed by atoms with van der Waals surface area (Å²) in [4.78, 5) is 18.8. The van der Waals surface area contributed by atoms with Crippen LogP contribution >= 0.6 is 0 Å². The Balaban J connectivity index is 1.42. The zero-order valence-corrected chi connectivity index (χ0v) is 15.4. The Morgan fingerprint density at radius 3 is 2.93 bits per heavy atom. The molecule has 2 aromatic heterocycles. The second kappa shape index (κ2) is 6.87. The molecule has 0 saturated carbocycles. The molecule has 3 aromatic rings. The topological polar surface area (TPSA) is 68.0 Å². The highest BCUT2D eigenvalue weighted by Gasteiger charge is 2.33. The average Bonchev–Trinajstić information content (AvgIpc) is 3.38. The molecule has 7 nitrogen and oxygen atoms in total. The smallest absolute Gasteiger partial charge is 0.229 e. The number of benzene rings is 1. The molecule has 8 heteroatoms. The maximum Gasteiger partial charge on any atom is 0.229 e. The van der Waals surface area contributed by atoms with Gasteiger partial charge in [-0.05, 0) is 43.3 Å². The number of hydrogen-bond donors (Lipinski definition) is 1. The fraction of sp³-hybridized carbons (Fsp3) is 0.350. The van der Waals surface area contributed by atoms with Crippen molar-refractivity contribution in [1.82, 2.24) is 24.6 Å². The largest absolute Gasteiger partial charge is 0.324 e. The van der Waals surface area contributed by atoms with E-state index in [9.17, 15) is 9.18 Å². The predicted octanol–water partition coefficient (Wildman–Crippen LogP) is 2.36. The number of aromatic nitrogens is 4. The second-order valence-corrected chi connectivity index (χ2v) is 7.27. The summed E-state index contributed by atoms with van der Waals surface area (Å²) < 4.78 is 17.3. The predicted molar refractivity (Wildman–Crippen MR) is 102 cm³/mol. The fourth-order valence-corrected chi connectivity index (χ4v) is 4.02. The zero-order chi connectivity index (χ0) is 19.1. The minimum absolute atomic E-state index is 0.0288. The van der Waals surface area contributed by atoms with Gasteiger partial charge in [0, 0.05) is 44.1 Å². The van der Waals surface area contributed by atoms with Crippen LogP contribution < -0.4 is 10.2 Å². The van der Waals surface area contributed by atoms with Crippen molar-refractivity contribution in [2.24, 2.45) is 0 Å². The number of rotatable bonds is 3. The number of imidazole rings is 1. The van der Waals surface area contributed by atoms with Gasteiger partial charge < -0.3 is 14.8 Å². The standard InChI is InChI=1S/C20H21FN6O/c21-14-2-4-15(5-3-14)26-13-17(11-19(26)28)25-9-7-23-20(25)18-10-16-12-22-6-1-8-27(16)24-18/h2-5,7,9-10,17,22H,1,6,8,11-13H2/t17-/m1/s1. The molecular formula is C20H21FN6O. The molecule has 0 aliphatic carbocycles. The highest BCUT2D eigenvalue weighted by Crippen LogP contribution is 2.31. The molecule has 1 N–H and O–H groups in total. The van der Waals surface area contributed by atoms with Crippen LogP contribution in [0.5, 0.6) is 0 Å². The van der Waals surface area contributed by atoms with E-state index in [4.69, 9.17) is 5.10 Å². The lowest BCUT2D eigenvalue weighted by molar-refractivity contribution is -0.117. The fourth-order valence-electron chi connectivity index (χ4n) is 4.02. The normalized spacial score (nSPS) is 19.7. The molecule has 1 atom stereocenters. The number of fused-ring (bicyclic) bond motifs is 1. The zero-order valence-electron chi connectivity index (χ0n) is 15.4. The summed E-state index contributed by atoms with van der Waals surface area (Å²) in [6.07, 6.45) is 5.09. The molecule has 2 aliphatic rings. The molecule has 0 unspecified atom stereocenters. The van der Waals surface area contributed by atoms with Crippen LogP contribution in [0.25, 0.3) is 11.5 Å². The van der Waals surface area contributed by atoms with Gasteiger partial charge in [0.25, 0.3) is 0 Å². The van der Waals surface area contributed by atoms with Gasteiger partial charge in [-0.25, -0.2) is 9.37 Å². The highest BCUT2D eigenvalue weighted by atomic mass is 19.1. The van der Waals surface area contributed by atoms with E-state index in [0.717, 1.165) is 49.0 Å². The van der Waals surface area contributed by atoms with E-state index in [2.05, 4.69) is 16.4 Å².